The summed E-state index contributed by atoms with van der Waals surface area (Å²) in [5.41, 5.74) is 0. The van der Waals surface area contributed by atoms with Gasteiger partial charge < -0.3 is 9.47 Å². The van der Waals surface area contributed by atoms with Gasteiger partial charge in [0.05, 0.1) is 6.10 Å². The van der Waals surface area contributed by atoms with E-state index in [1.165, 1.54) is 475 Å². The van der Waals surface area contributed by atoms with E-state index >= 15 is 0 Å². The van der Waals surface area contributed by atoms with Crippen molar-refractivity contribution in [1.29, 1.82) is 0 Å². The van der Waals surface area contributed by atoms with Crippen LogP contribution in [0.4, 0.5) is 0 Å². The van der Waals surface area contributed by atoms with Gasteiger partial charge in [-0.3, -0.25) is 0 Å². The molecule has 0 aromatic rings. The quantitative estimate of drug-likeness (QED) is 0.0565. The lowest BCUT2D eigenvalue weighted by atomic mass is 10.0. The van der Waals surface area contributed by atoms with E-state index in [2.05, 4.69) is 20.8 Å². The standard InChI is InChI=1S/C81H164O2/c1-4-7-10-13-16-19-22-25-28-31-34-37-41-46-51-56-61-66-71-76-81(83-80-75-70-65-60-55-50-45-39-29-26-23-20-17-14-11-8-5-2)77-72-67-62-57-52-47-42-38-35-32-33-36-40-44-49-54-59-64-69-74-79-82-78-73-68-63-58-53-48-43-30-27-24-21-18-15-12-9-6-3/h81H,4-80H2,1-3H3. The summed E-state index contributed by atoms with van der Waals surface area (Å²) in [6.07, 6.45) is 107. The molecule has 2 nitrogen and oxygen atoms in total. The Balaban J connectivity index is 3.81. The molecule has 0 aromatic heterocycles. The van der Waals surface area contributed by atoms with Crippen LogP contribution in [0.3, 0.4) is 0 Å². The molecule has 0 fully saturated rings. The Morgan fingerprint density at radius 2 is 0.277 bits per heavy atom. The van der Waals surface area contributed by atoms with E-state index in [1.807, 2.05) is 0 Å². The SMILES string of the molecule is CCCCCCCCCCCCCCCCCCCCCC(CCCCCCCCCCCCCCCCCCCCCCOCCCCCCCCCCCCCCCCCC)OCCCCCCCCCCCCCCCCCCC. The lowest BCUT2D eigenvalue weighted by Crippen LogP contribution is -2.14. The molecule has 1 atom stereocenters. The Kier molecular flexibility index (Phi) is 79.9. The molecule has 0 aromatic carbocycles. The summed E-state index contributed by atoms with van der Waals surface area (Å²) in [7, 11) is 0. The van der Waals surface area contributed by atoms with Crippen LogP contribution in [0.1, 0.15) is 496 Å². The van der Waals surface area contributed by atoms with Gasteiger partial charge in [0, 0.05) is 19.8 Å². The zero-order valence-corrected chi connectivity index (χ0v) is 58.8. The molecule has 0 aliphatic rings. The van der Waals surface area contributed by atoms with Crippen molar-refractivity contribution in [2.75, 3.05) is 19.8 Å². The van der Waals surface area contributed by atoms with Gasteiger partial charge in [0.2, 0.25) is 0 Å². The molecule has 0 radical (unpaired) electrons. The van der Waals surface area contributed by atoms with Crippen LogP contribution >= 0.6 is 0 Å². The molecule has 0 saturated heterocycles. The van der Waals surface area contributed by atoms with Crippen molar-refractivity contribution in [3.63, 3.8) is 0 Å². The molecule has 0 bridgehead atoms. The van der Waals surface area contributed by atoms with Crippen molar-refractivity contribution in [2.45, 2.75) is 502 Å². The molecule has 83 heavy (non-hydrogen) atoms. The topological polar surface area (TPSA) is 18.5 Å². The first-order valence-electron chi connectivity index (χ1n) is 40.5. The second-order valence-electron chi connectivity index (χ2n) is 28.1. The van der Waals surface area contributed by atoms with Gasteiger partial charge >= 0.3 is 0 Å². The minimum absolute atomic E-state index is 0.524. The van der Waals surface area contributed by atoms with Crippen LogP contribution in [0.2, 0.25) is 0 Å². The highest BCUT2D eigenvalue weighted by atomic mass is 16.5. The highest BCUT2D eigenvalue weighted by Crippen LogP contribution is 2.22. The second-order valence-corrected chi connectivity index (χ2v) is 28.1. The third-order valence-electron chi connectivity index (χ3n) is 19.4. The lowest BCUT2D eigenvalue weighted by Gasteiger charge is -2.18. The van der Waals surface area contributed by atoms with Gasteiger partial charge in [0.25, 0.3) is 0 Å². The van der Waals surface area contributed by atoms with E-state index < -0.39 is 0 Å². The Bertz CT molecular complexity index is 1060. The van der Waals surface area contributed by atoms with E-state index in [0.29, 0.717) is 6.10 Å². The highest BCUT2D eigenvalue weighted by Gasteiger charge is 2.10. The molecule has 0 rings (SSSR count). The first-order chi connectivity index (χ1) is 41.3. The zero-order valence-electron chi connectivity index (χ0n) is 58.8. The summed E-state index contributed by atoms with van der Waals surface area (Å²) < 4.78 is 12.6. The number of rotatable bonds is 79. The fourth-order valence-corrected chi connectivity index (χ4v) is 13.5. The summed E-state index contributed by atoms with van der Waals surface area (Å²) in [5.74, 6) is 0. The summed E-state index contributed by atoms with van der Waals surface area (Å²) in [5, 5.41) is 0. The van der Waals surface area contributed by atoms with E-state index in [-0.39, 0.29) is 0 Å². The van der Waals surface area contributed by atoms with Gasteiger partial charge in [-0.2, -0.15) is 0 Å². The Morgan fingerprint density at radius 1 is 0.145 bits per heavy atom. The Morgan fingerprint density at radius 3 is 0.446 bits per heavy atom. The summed E-state index contributed by atoms with van der Waals surface area (Å²) in [4.78, 5) is 0. The summed E-state index contributed by atoms with van der Waals surface area (Å²) >= 11 is 0. The maximum absolute atomic E-state index is 6.68. The maximum atomic E-state index is 6.68. The molecular weight excluding hydrogens is 1000 g/mol. The molecule has 1 unspecified atom stereocenters. The smallest absolute Gasteiger partial charge is 0.0575 e. The van der Waals surface area contributed by atoms with Gasteiger partial charge in [0.1, 0.15) is 0 Å². The van der Waals surface area contributed by atoms with Gasteiger partial charge in [-0.1, -0.05) is 464 Å². The predicted molar refractivity (Wildman–Crippen MR) is 379 cm³/mol. The fourth-order valence-electron chi connectivity index (χ4n) is 13.5. The summed E-state index contributed by atoms with van der Waals surface area (Å²) in [6.45, 7) is 9.96. The van der Waals surface area contributed by atoms with Gasteiger partial charge in [0.15, 0.2) is 0 Å². The molecule has 2 heteroatoms. The van der Waals surface area contributed by atoms with Gasteiger partial charge in [-0.05, 0) is 32.1 Å². The predicted octanol–water partition coefficient (Wildman–Crippen LogP) is 30.3. The normalized spacial score (nSPS) is 12.2. The van der Waals surface area contributed by atoms with Crippen molar-refractivity contribution in [2.24, 2.45) is 0 Å². The molecular formula is C81H164O2. The van der Waals surface area contributed by atoms with Crippen molar-refractivity contribution in [3.8, 4) is 0 Å². The molecule has 0 heterocycles. The maximum Gasteiger partial charge on any atom is 0.0575 e. The van der Waals surface area contributed by atoms with Crippen molar-refractivity contribution >= 4 is 0 Å². The van der Waals surface area contributed by atoms with Crippen LogP contribution in [0.5, 0.6) is 0 Å². The van der Waals surface area contributed by atoms with Crippen LogP contribution in [-0.2, 0) is 9.47 Å². The molecule has 0 amide bonds. The minimum atomic E-state index is 0.524. The Hall–Kier alpha value is -0.0800. The number of hydrogen-bond acceptors (Lipinski definition) is 2. The van der Waals surface area contributed by atoms with Crippen LogP contribution in [0, 0.1) is 0 Å². The third kappa shape index (κ3) is 78.0. The van der Waals surface area contributed by atoms with E-state index in [0.717, 1.165) is 19.8 Å². The van der Waals surface area contributed by atoms with E-state index in [9.17, 15) is 0 Å². The van der Waals surface area contributed by atoms with Crippen molar-refractivity contribution < 1.29 is 9.47 Å². The highest BCUT2D eigenvalue weighted by molar-refractivity contribution is 4.62. The van der Waals surface area contributed by atoms with Crippen LogP contribution in [0.15, 0.2) is 0 Å². The fraction of sp³-hybridized carbons (Fsp3) is 1.00. The number of ether oxygens (including phenoxy) is 2. The average molecular weight is 1170 g/mol. The molecule has 0 spiro atoms. The van der Waals surface area contributed by atoms with Crippen LogP contribution in [0.25, 0.3) is 0 Å². The molecule has 0 aliphatic heterocycles. The van der Waals surface area contributed by atoms with E-state index in [1.54, 1.807) is 0 Å². The lowest BCUT2D eigenvalue weighted by molar-refractivity contribution is 0.0357. The zero-order chi connectivity index (χ0) is 59.4. The van der Waals surface area contributed by atoms with Gasteiger partial charge in [-0.15, -0.1) is 0 Å². The molecule has 0 N–H and O–H groups in total. The summed E-state index contributed by atoms with van der Waals surface area (Å²) in [6, 6.07) is 0. The second kappa shape index (κ2) is 79.9. The Labute approximate surface area is 528 Å². The molecule has 500 valence electrons. The van der Waals surface area contributed by atoms with Crippen molar-refractivity contribution in [1.82, 2.24) is 0 Å². The number of unbranched alkanes of at least 4 members (excludes halogenated alkanes) is 68. The first-order valence-corrected chi connectivity index (χ1v) is 40.5. The van der Waals surface area contributed by atoms with Crippen LogP contribution < -0.4 is 0 Å². The van der Waals surface area contributed by atoms with Crippen molar-refractivity contribution in [3.05, 3.63) is 0 Å². The monoisotopic (exact) mass is 1170 g/mol. The van der Waals surface area contributed by atoms with Gasteiger partial charge in [-0.25, -0.2) is 0 Å². The largest absolute Gasteiger partial charge is 0.381 e. The minimum Gasteiger partial charge on any atom is -0.381 e. The van der Waals surface area contributed by atoms with Crippen LogP contribution in [-0.4, -0.2) is 25.9 Å². The average Bonchev–Trinajstić information content (AvgIpc) is 3.49. The van der Waals surface area contributed by atoms with E-state index in [4.69, 9.17) is 9.47 Å². The third-order valence-corrected chi connectivity index (χ3v) is 19.4. The first kappa shape index (κ1) is 82.9. The molecule has 0 saturated carbocycles. The number of hydrogen-bond donors (Lipinski definition) is 0. The molecule has 0 aliphatic carbocycles.